The van der Waals surface area contributed by atoms with Crippen molar-refractivity contribution in [3.63, 3.8) is 0 Å². The molecule has 0 amide bonds. The van der Waals surface area contributed by atoms with Gasteiger partial charge in [-0.05, 0) is 29.4 Å². The van der Waals surface area contributed by atoms with Gasteiger partial charge in [0.25, 0.3) is 0 Å². The van der Waals surface area contributed by atoms with Crippen LogP contribution in [0.1, 0.15) is 12.8 Å². The van der Waals surface area contributed by atoms with Gasteiger partial charge in [-0.1, -0.05) is 28.7 Å². The molecule has 0 aliphatic carbocycles. The van der Waals surface area contributed by atoms with E-state index in [1.807, 2.05) is 36.0 Å². The molecule has 4 nitrogen and oxygen atoms in total. The highest BCUT2D eigenvalue weighted by atomic mass is 127. The molecule has 0 radical (unpaired) electrons. The Balaban J connectivity index is 2.20. The lowest BCUT2D eigenvalue weighted by Gasteiger charge is -2.16. The Hall–Kier alpha value is -0.980. The molecule has 0 aromatic carbocycles. The van der Waals surface area contributed by atoms with Gasteiger partial charge in [0.05, 0.1) is 5.52 Å². The summed E-state index contributed by atoms with van der Waals surface area (Å²) in [5, 5.41) is 4.51. The maximum Gasteiger partial charge on any atom is 0.174 e. The first-order valence-electron chi connectivity index (χ1n) is 5.74. The molecule has 0 spiro atoms. The van der Waals surface area contributed by atoms with Crippen molar-refractivity contribution in [2.45, 2.75) is 12.8 Å². The minimum absolute atomic E-state index is 0.766. The maximum atomic E-state index is 6.12. The van der Waals surface area contributed by atoms with Crippen molar-refractivity contribution in [1.29, 1.82) is 0 Å². The molecule has 0 saturated carbocycles. The van der Waals surface area contributed by atoms with Crippen molar-refractivity contribution < 1.29 is 0 Å². The lowest BCUT2D eigenvalue weighted by Crippen LogP contribution is -2.20. The quantitative estimate of drug-likeness (QED) is 0.515. The summed E-state index contributed by atoms with van der Waals surface area (Å²) in [5.41, 5.74) is 7.86. The van der Waals surface area contributed by atoms with Gasteiger partial charge >= 0.3 is 0 Å². The minimum Gasteiger partial charge on any atom is -0.394 e. The van der Waals surface area contributed by atoms with E-state index in [2.05, 4.69) is 32.6 Å². The molecule has 2 aromatic heterocycles. The third-order valence-corrected chi connectivity index (χ3v) is 3.56. The Bertz CT molecular complexity index is 494. The van der Waals surface area contributed by atoms with Crippen molar-refractivity contribution in [3.8, 4) is 0 Å². The van der Waals surface area contributed by atoms with E-state index in [1.54, 1.807) is 0 Å². The van der Waals surface area contributed by atoms with Gasteiger partial charge < -0.3 is 10.6 Å². The number of nitrogens with zero attached hydrogens (tertiary/aromatic N) is 3. The number of rotatable bonds is 5. The summed E-state index contributed by atoms with van der Waals surface area (Å²) in [5.74, 6) is 0.879. The maximum absolute atomic E-state index is 6.12. The van der Waals surface area contributed by atoms with E-state index in [0.717, 1.165) is 23.6 Å². The number of halogens is 1. The molecule has 92 valence electrons. The summed E-state index contributed by atoms with van der Waals surface area (Å²) < 4.78 is 3.03. The number of nitrogens with two attached hydrogens (primary N) is 1. The molecular weight excluding hydrogens is 327 g/mol. The van der Waals surface area contributed by atoms with Crippen LogP contribution in [0.25, 0.3) is 5.52 Å². The van der Waals surface area contributed by atoms with Crippen LogP contribution in [-0.2, 0) is 0 Å². The van der Waals surface area contributed by atoms with E-state index < -0.39 is 0 Å². The average molecular weight is 344 g/mol. The van der Waals surface area contributed by atoms with Gasteiger partial charge in [0.2, 0.25) is 0 Å². The number of pyridine rings is 1. The van der Waals surface area contributed by atoms with Crippen molar-refractivity contribution in [3.05, 3.63) is 24.4 Å². The van der Waals surface area contributed by atoms with E-state index in [4.69, 9.17) is 5.73 Å². The summed E-state index contributed by atoms with van der Waals surface area (Å²) >= 11 is 2.40. The molecule has 0 bridgehead atoms. The van der Waals surface area contributed by atoms with E-state index in [9.17, 15) is 0 Å². The average Bonchev–Trinajstić information content (AvgIpc) is 2.68. The molecule has 0 fully saturated rings. The molecular formula is C12H17IN4. The zero-order chi connectivity index (χ0) is 12.3. The molecule has 17 heavy (non-hydrogen) atoms. The second kappa shape index (κ2) is 5.57. The Morgan fingerprint density at radius 2 is 2.24 bits per heavy atom. The van der Waals surface area contributed by atoms with E-state index >= 15 is 0 Å². The lowest BCUT2D eigenvalue weighted by molar-refractivity contribution is 0.764. The van der Waals surface area contributed by atoms with Crippen molar-refractivity contribution in [2.24, 2.45) is 0 Å². The largest absolute Gasteiger partial charge is 0.394 e. The summed E-state index contributed by atoms with van der Waals surface area (Å²) in [6.07, 6.45) is 4.33. The number of unbranched alkanes of at least 4 members (excludes halogenated alkanes) is 1. The summed E-state index contributed by atoms with van der Waals surface area (Å²) in [7, 11) is 2.05. The molecule has 5 heteroatoms. The smallest absolute Gasteiger partial charge is 0.174 e. The van der Waals surface area contributed by atoms with Crippen molar-refractivity contribution in [2.75, 3.05) is 28.7 Å². The van der Waals surface area contributed by atoms with E-state index in [1.165, 1.54) is 17.3 Å². The minimum atomic E-state index is 0.766. The molecule has 0 unspecified atom stereocenters. The normalized spacial score (nSPS) is 10.9. The van der Waals surface area contributed by atoms with Crippen molar-refractivity contribution in [1.82, 2.24) is 9.61 Å². The highest BCUT2D eigenvalue weighted by Crippen LogP contribution is 2.25. The second-order valence-electron chi connectivity index (χ2n) is 4.09. The fourth-order valence-electron chi connectivity index (χ4n) is 1.84. The zero-order valence-corrected chi connectivity index (χ0v) is 12.1. The second-order valence-corrected chi connectivity index (χ2v) is 5.16. The molecule has 2 rings (SSSR count). The van der Waals surface area contributed by atoms with Crippen LogP contribution in [0.15, 0.2) is 24.4 Å². The number of hydrogen-bond acceptors (Lipinski definition) is 3. The number of alkyl halides is 1. The third kappa shape index (κ3) is 2.65. The van der Waals surface area contributed by atoms with Crippen LogP contribution >= 0.6 is 22.6 Å². The molecule has 2 N–H and O–H groups in total. The lowest BCUT2D eigenvalue weighted by atomic mass is 10.3. The Morgan fingerprint density at radius 3 is 2.94 bits per heavy atom. The third-order valence-electron chi connectivity index (χ3n) is 2.80. The summed E-state index contributed by atoms with van der Waals surface area (Å²) in [4.78, 5) is 2.13. The van der Waals surface area contributed by atoms with Crippen LogP contribution in [0.5, 0.6) is 0 Å². The molecule has 2 heterocycles. The Morgan fingerprint density at radius 1 is 1.41 bits per heavy atom. The van der Waals surface area contributed by atoms with Gasteiger partial charge in [0, 0.05) is 19.8 Å². The van der Waals surface area contributed by atoms with Crippen LogP contribution in [-0.4, -0.2) is 27.6 Å². The van der Waals surface area contributed by atoms with E-state index in [-0.39, 0.29) is 0 Å². The molecule has 0 atom stereocenters. The number of aromatic nitrogens is 2. The standard InChI is InChI=1S/C12H17IN4/c1-16(8-5-3-7-13)12-11(14)10-6-2-4-9-17(10)15-12/h2,4,6,9H,3,5,7-8,14H2,1H3. The highest BCUT2D eigenvalue weighted by Gasteiger charge is 2.12. The molecule has 0 saturated heterocycles. The van der Waals surface area contributed by atoms with Gasteiger partial charge in [-0.15, -0.1) is 5.10 Å². The van der Waals surface area contributed by atoms with Crippen LogP contribution in [0.3, 0.4) is 0 Å². The Kier molecular flexibility index (Phi) is 4.09. The topological polar surface area (TPSA) is 46.6 Å². The molecule has 2 aromatic rings. The Labute approximate surface area is 115 Å². The monoisotopic (exact) mass is 344 g/mol. The van der Waals surface area contributed by atoms with Crippen LogP contribution in [0, 0.1) is 0 Å². The first-order valence-corrected chi connectivity index (χ1v) is 7.26. The van der Waals surface area contributed by atoms with Gasteiger partial charge in [-0.3, -0.25) is 0 Å². The van der Waals surface area contributed by atoms with Gasteiger partial charge in [0.1, 0.15) is 5.69 Å². The first kappa shape index (κ1) is 12.5. The van der Waals surface area contributed by atoms with Crippen LogP contribution in [0.2, 0.25) is 0 Å². The molecule has 0 aliphatic heterocycles. The van der Waals surface area contributed by atoms with Gasteiger partial charge in [-0.25, -0.2) is 4.52 Å². The zero-order valence-electron chi connectivity index (χ0n) is 9.93. The number of hydrogen-bond donors (Lipinski definition) is 1. The number of nitrogen functional groups attached to an aromatic ring is 1. The predicted molar refractivity (Wildman–Crippen MR) is 81.0 cm³/mol. The number of anilines is 2. The number of fused-ring (bicyclic) bond motifs is 1. The SMILES string of the molecule is CN(CCCCI)c1nn2ccccc2c1N. The highest BCUT2D eigenvalue weighted by molar-refractivity contribution is 14.1. The summed E-state index contributed by atoms with van der Waals surface area (Å²) in [6.45, 7) is 0.997. The van der Waals surface area contributed by atoms with Gasteiger partial charge in [-0.2, -0.15) is 0 Å². The van der Waals surface area contributed by atoms with Crippen molar-refractivity contribution >= 4 is 39.6 Å². The predicted octanol–water partition coefficient (Wildman–Crippen LogP) is 2.57. The van der Waals surface area contributed by atoms with E-state index in [0.29, 0.717) is 0 Å². The van der Waals surface area contributed by atoms with Crippen LogP contribution in [0.4, 0.5) is 11.5 Å². The van der Waals surface area contributed by atoms with Crippen LogP contribution < -0.4 is 10.6 Å². The van der Waals surface area contributed by atoms with Gasteiger partial charge in [0.15, 0.2) is 5.82 Å². The fourth-order valence-corrected chi connectivity index (χ4v) is 2.38. The summed E-state index contributed by atoms with van der Waals surface area (Å²) in [6, 6.07) is 5.93. The first-order chi connectivity index (χ1) is 8.24. The fraction of sp³-hybridized carbons (Fsp3) is 0.417. The molecule has 0 aliphatic rings.